The van der Waals surface area contributed by atoms with Crippen molar-refractivity contribution in [3.8, 4) is 11.5 Å². The van der Waals surface area contributed by atoms with Crippen molar-refractivity contribution in [1.29, 1.82) is 0 Å². The smallest absolute Gasteiger partial charge is 0.244 e. The van der Waals surface area contributed by atoms with Crippen LogP contribution < -0.4 is 14.8 Å². The van der Waals surface area contributed by atoms with Gasteiger partial charge in [0.1, 0.15) is 0 Å². The van der Waals surface area contributed by atoms with Gasteiger partial charge in [-0.2, -0.15) is 11.8 Å². The van der Waals surface area contributed by atoms with Gasteiger partial charge in [-0.25, -0.2) is 0 Å². The van der Waals surface area contributed by atoms with Crippen LogP contribution >= 0.6 is 11.8 Å². The van der Waals surface area contributed by atoms with Crippen LogP contribution in [0.15, 0.2) is 48.5 Å². The minimum Gasteiger partial charge on any atom is -0.454 e. The van der Waals surface area contributed by atoms with E-state index in [1.54, 1.807) is 12.2 Å². The number of thioether (sulfide) groups is 1. The second-order valence-corrected chi connectivity index (χ2v) is 6.88. The number of hydrogen-bond acceptors (Lipinski definition) is 4. The molecule has 2 aromatic rings. The maximum Gasteiger partial charge on any atom is 0.244 e. The molecule has 1 N–H and O–H groups in total. The van der Waals surface area contributed by atoms with E-state index in [0.29, 0.717) is 6.54 Å². The van der Waals surface area contributed by atoms with Crippen molar-refractivity contribution in [2.45, 2.75) is 12.7 Å². The van der Waals surface area contributed by atoms with E-state index < -0.39 is 0 Å². The van der Waals surface area contributed by atoms with Crippen LogP contribution in [0, 0.1) is 6.92 Å². The van der Waals surface area contributed by atoms with E-state index in [2.05, 4.69) is 36.5 Å². The Morgan fingerprint density at radius 1 is 1.16 bits per heavy atom. The Morgan fingerprint density at radius 2 is 1.96 bits per heavy atom. The zero-order chi connectivity index (χ0) is 17.5. The summed E-state index contributed by atoms with van der Waals surface area (Å²) >= 11 is 1.81. The Hall–Kier alpha value is -2.40. The van der Waals surface area contributed by atoms with Crippen molar-refractivity contribution in [3.05, 3.63) is 65.2 Å². The number of hydrogen-bond donors (Lipinski definition) is 1. The summed E-state index contributed by atoms with van der Waals surface area (Å²) in [5.74, 6) is 3.22. The molecular formula is C20H21NO3S. The number of benzene rings is 2. The zero-order valence-electron chi connectivity index (χ0n) is 14.2. The van der Waals surface area contributed by atoms with Gasteiger partial charge in [0.2, 0.25) is 12.7 Å². The monoisotopic (exact) mass is 355 g/mol. The fourth-order valence-electron chi connectivity index (χ4n) is 2.37. The first-order valence-corrected chi connectivity index (χ1v) is 9.35. The fourth-order valence-corrected chi connectivity index (χ4v) is 3.19. The molecule has 2 aromatic carbocycles. The van der Waals surface area contributed by atoms with E-state index in [1.165, 1.54) is 11.1 Å². The van der Waals surface area contributed by atoms with Gasteiger partial charge in [-0.15, -0.1) is 0 Å². The molecule has 0 bridgehead atoms. The van der Waals surface area contributed by atoms with Crippen LogP contribution in [0.3, 0.4) is 0 Å². The summed E-state index contributed by atoms with van der Waals surface area (Å²) in [4.78, 5) is 11.9. The highest BCUT2D eigenvalue weighted by Crippen LogP contribution is 2.32. The average Bonchev–Trinajstić information content (AvgIpc) is 3.09. The quantitative estimate of drug-likeness (QED) is 0.606. The summed E-state index contributed by atoms with van der Waals surface area (Å²) in [6.07, 6.45) is 3.32. The molecule has 0 saturated carbocycles. The normalized spacial score (nSPS) is 12.5. The third kappa shape index (κ3) is 5.29. The SMILES string of the molecule is Cc1ccc(CSCCNC(=O)C=Cc2ccc3c(c2)OCO3)cc1. The van der Waals surface area contributed by atoms with Crippen LogP contribution in [0.5, 0.6) is 11.5 Å². The lowest BCUT2D eigenvalue weighted by atomic mass is 10.2. The molecule has 1 amide bonds. The highest BCUT2D eigenvalue weighted by atomic mass is 32.2. The van der Waals surface area contributed by atoms with Crippen LogP contribution in [0.4, 0.5) is 0 Å². The number of amides is 1. The average molecular weight is 355 g/mol. The largest absolute Gasteiger partial charge is 0.454 e. The summed E-state index contributed by atoms with van der Waals surface area (Å²) in [6, 6.07) is 14.2. The van der Waals surface area contributed by atoms with Gasteiger partial charge in [0.25, 0.3) is 0 Å². The Morgan fingerprint density at radius 3 is 2.80 bits per heavy atom. The molecule has 130 valence electrons. The van der Waals surface area contributed by atoms with Gasteiger partial charge in [-0.1, -0.05) is 35.9 Å². The van der Waals surface area contributed by atoms with E-state index in [4.69, 9.17) is 9.47 Å². The Bertz CT molecular complexity index is 756. The minimum absolute atomic E-state index is 0.0893. The number of nitrogens with one attached hydrogen (secondary N) is 1. The summed E-state index contributed by atoms with van der Waals surface area (Å²) in [7, 11) is 0. The molecule has 0 aliphatic carbocycles. The standard InChI is InChI=1S/C20H21NO3S/c1-15-2-4-17(5-3-15)13-25-11-10-21-20(22)9-7-16-6-8-18-19(12-16)24-14-23-18/h2-9,12H,10-11,13-14H2,1H3,(H,21,22). The topological polar surface area (TPSA) is 47.6 Å². The predicted octanol–water partition coefficient (Wildman–Crippen LogP) is 3.79. The summed E-state index contributed by atoms with van der Waals surface area (Å²) in [5, 5.41) is 2.90. The Kier molecular flexibility index (Phi) is 6.01. The van der Waals surface area contributed by atoms with Crippen LogP contribution in [0.2, 0.25) is 0 Å². The van der Waals surface area contributed by atoms with Crippen molar-refractivity contribution >= 4 is 23.7 Å². The van der Waals surface area contributed by atoms with E-state index in [9.17, 15) is 4.79 Å². The molecule has 0 spiro atoms. The second kappa shape index (κ2) is 8.62. The first-order chi connectivity index (χ1) is 12.2. The van der Waals surface area contributed by atoms with Crippen LogP contribution in [0.25, 0.3) is 6.08 Å². The molecule has 5 heteroatoms. The molecule has 0 aromatic heterocycles. The highest BCUT2D eigenvalue weighted by Gasteiger charge is 2.12. The molecule has 1 heterocycles. The van der Waals surface area contributed by atoms with Gasteiger partial charge in [-0.05, 0) is 36.3 Å². The van der Waals surface area contributed by atoms with Crippen molar-refractivity contribution in [3.63, 3.8) is 0 Å². The van der Waals surface area contributed by atoms with Gasteiger partial charge in [0, 0.05) is 24.1 Å². The van der Waals surface area contributed by atoms with Crippen LogP contribution in [-0.2, 0) is 10.5 Å². The molecule has 0 saturated heterocycles. The lowest BCUT2D eigenvalue weighted by molar-refractivity contribution is -0.116. The molecule has 3 rings (SSSR count). The fraction of sp³-hybridized carbons (Fsp3) is 0.250. The lowest BCUT2D eigenvalue weighted by Crippen LogP contribution is -2.23. The van der Waals surface area contributed by atoms with Crippen LogP contribution in [0.1, 0.15) is 16.7 Å². The Labute approximate surface area is 152 Å². The summed E-state index contributed by atoms with van der Waals surface area (Å²) in [6.45, 7) is 2.99. The van der Waals surface area contributed by atoms with Crippen molar-refractivity contribution in [2.24, 2.45) is 0 Å². The molecule has 0 radical (unpaired) electrons. The van der Waals surface area contributed by atoms with E-state index >= 15 is 0 Å². The third-order valence-electron chi connectivity index (χ3n) is 3.76. The van der Waals surface area contributed by atoms with E-state index in [1.807, 2.05) is 30.0 Å². The zero-order valence-corrected chi connectivity index (χ0v) is 15.0. The number of rotatable bonds is 7. The van der Waals surface area contributed by atoms with Crippen LogP contribution in [-0.4, -0.2) is 25.0 Å². The van der Waals surface area contributed by atoms with E-state index in [-0.39, 0.29) is 12.7 Å². The molecule has 4 nitrogen and oxygen atoms in total. The number of carbonyl (C=O) groups excluding carboxylic acids is 1. The number of fused-ring (bicyclic) bond motifs is 1. The number of ether oxygens (including phenoxy) is 2. The van der Waals surface area contributed by atoms with Gasteiger partial charge in [0.15, 0.2) is 11.5 Å². The van der Waals surface area contributed by atoms with Gasteiger partial charge in [0.05, 0.1) is 0 Å². The summed E-state index contributed by atoms with van der Waals surface area (Å²) < 4.78 is 10.6. The predicted molar refractivity (Wildman–Crippen MR) is 102 cm³/mol. The first-order valence-electron chi connectivity index (χ1n) is 8.19. The van der Waals surface area contributed by atoms with E-state index in [0.717, 1.165) is 28.6 Å². The van der Waals surface area contributed by atoms with Crippen molar-refractivity contribution in [1.82, 2.24) is 5.32 Å². The Balaban J connectivity index is 1.36. The lowest BCUT2D eigenvalue weighted by Gasteiger charge is -2.04. The molecule has 1 aliphatic heterocycles. The number of carbonyl (C=O) groups is 1. The summed E-state index contributed by atoms with van der Waals surface area (Å²) in [5.41, 5.74) is 3.49. The molecule has 0 atom stereocenters. The highest BCUT2D eigenvalue weighted by molar-refractivity contribution is 7.98. The second-order valence-electron chi connectivity index (χ2n) is 5.78. The molecule has 0 fully saturated rings. The van der Waals surface area contributed by atoms with Gasteiger partial charge >= 0.3 is 0 Å². The molecular weight excluding hydrogens is 334 g/mol. The molecule has 25 heavy (non-hydrogen) atoms. The van der Waals surface area contributed by atoms with Gasteiger partial charge in [-0.3, -0.25) is 4.79 Å². The molecule has 1 aliphatic rings. The minimum atomic E-state index is -0.0893. The first kappa shape index (κ1) is 17.4. The van der Waals surface area contributed by atoms with Crippen molar-refractivity contribution < 1.29 is 14.3 Å². The maximum absolute atomic E-state index is 11.9. The maximum atomic E-state index is 11.9. The molecule has 0 unspecified atom stereocenters. The third-order valence-corrected chi connectivity index (χ3v) is 4.79. The number of aryl methyl sites for hydroxylation is 1. The van der Waals surface area contributed by atoms with Crippen molar-refractivity contribution in [2.75, 3.05) is 19.1 Å². The van der Waals surface area contributed by atoms with Gasteiger partial charge < -0.3 is 14.8 Å².